The first-order valence-electron chi connectivity index (χ1n) is 5.57. The summed E-state index contributed by atoms with van der Waals surface area (Å²) in [6.07, 6.45) is 0. The Hall–Kier alpha value is -0.960. The quantitative estimate of drug-likeness (QED) is 0.481. The second kappa shape index (κ2) is 6.59. The van der Waals surface area contributed by atoms with Crippen LogP contribution in [0.4, 0.5) is 0 Å². The minimum Gasteiger partial charge on any atom is -0.313 e. The van der Waals surface area contributed by atoms with Crippen LogP contribution in [0.2, 0.25) is 0 Å². The minimum absolute atomic E-state index is 0.734. The van der Waals surface area contributed by atoms with Gasteiger partial charge < -0.3 is 5.43 Å². The first kappa shape index (κ1) is 13.1. The van der Waals surface area contributed by atoms with Crippen molar-refractivity contribution in [3.05, 3.63) is 29.8 Å². The highest BCUT2D eigenvalue weighted by molar-refractivity contribution is 7.99. The molecule has 16 heavy (non-hydrogen) atoms. The van der Waals surface area contributed by atoms with E-state index in [-0.39, 0.29) is 0 Å². The minimum atomic E-state index is 0.734. The van der Waals surface area contributed by atoms with Crippen molar-refractivity contribution in [2.24, 2.45) is 11.0 Å². The summed E-state index contributed by atoms with van der Waals surface area (Å²) in [6.45, 7) is 6.49. The highest BCUT2D eigenvalue weighted by atomic mass is 32.2. The fourth-order valence-corrected chi connectivity index (χ4v) is 2.14. The van der Waals surface area contributed by atoms with Crippen LogP contribution in [-0.4, -0.2) is 18.5 Å². The van der Waals surface area contributed by atoms with E-state index in [1.807, 2.05) is 25.7 Å². The predicted octanol–water partition coefficient (Wildman–Crippen LogP) is 3.38. The van der Waals surface area contributed by atoms with E-state index in [0.717, 1.165) is 11.6 Å². The van der Waals surface area contributed by atoms with Crippen molar-refractivity contribution in [1.82, 2.24) is 5.43 Å². The summed E-state index contributed by atoms with van der Waals surface area (Å²) in [4.78, 5) is 1.33. The van der Waals surface area contributed by atoms with Crippen LogP contribution in [0.1, 0.15) is 26.3 Å². The lowest BCUT2D eigenvalue weighted by molar-refractivity contribution is 0.750. The Morgan fingerprint density at radius 2 is 1.94 bits per heavy atom. The maximum absolute atomic E-state index is 4.16. The van der Waals surface area contributed by atoms with Gasteiger partial charge in [-0.25, -0.2) is 0 Å². The lowest BCUT2D eigenvalue weighted by Crippen LogP contribution is -2.02. The van der Waals surface area contributed by atoms with Crippen LogP contribution in [0.3, 0.4) is 0 Å². The number of thioether (sulfide) groups is 1. The van der Waals surface area contributed by atoms with E-state index >= 15 is 0 Å². The molecule has 0 radical (unpaired) electrons. The van der Waals surface area contributed by atoms with Gasteiger partial charge in [-0.3, -0.25) is 0 Å². The van der Waals surface area contributed by atoms with Crippen molar-refractivity contribution in [1.29, 1.82) is 0 Å². The Morgan fingerprint density at radius 1 is 1.31 bits per heavy atom. The Morgan fingerprint density at radius 3 is 2.44 bits per heavy atom. The molecule has 1 N–H and O–H groups in total. The molecular weight excluding hydrogens is 216 g/mol. The van der Waals surface area contributed by atoms with Crippen molar-refractivity contribution < 1.29 is 0 Å². The summed E-state index contributed by atoms with van der Waals surface area (Å²) in [7, 11) is 1.82. The van der Waals surface area contributed by atoms with Gasteiger partial charge in [0.1, 0.15) is 0 Å². The van der Waals surface area contributed by atoms with Crippen molar-refractivity contribution in [3.63, 3.8) is 0 Å². The molecule has 0 aliphatic rings. The smallest absolute Gasteiger partial charge is 0.0644 e. The van der Waals surface area contributed by atoms with Crippen molar-refractivity contribution in [3.8, 4) is 0 Å². The van der Waals surface area contributed by atoms with E-state index in [4.69, 9.17) is 0 Å². The van der Waals surface area contributed by atoms with Crippen LogP contribution < -0.4 is 5.43 Å². The predicted molar refractivity (Wildman–Crippen MR) is 73.3 cm³/mol. The molecule has 0 aliphatic heterocycles. The lowest BCUT2D eigenvalue weighted by Gasteiger charge is -2.05. The molecule has 0 saturated carbocycles. The number of hydrogen-bond donors (Lipinski definition) is 1. The normalized spacial score (nSPS) is 11.9. The number of nitrogens with one attached hydrogen (secondary N) is 1. The third-order valence-electron chi connectivity index (χ3n) is 2.13. The molecule has 1 aromatic rings. The highest BCUT2D eigenvalue weighted by Gasteiger charge is 2.00. The molecule has 1 rings (SSSR count). The molecule has 0 heterocycles. The molecular formula is C13H20N2S. The number of hydrazone groups is 1. The second-order valence-corrected chi connectivity index (χ2v) is 5.24. The monoisotopic (exact) mass is 236 g/mol. The van der Waals surface area contributed by atoms with Crippen LogP contribution >= 0.6 is 11.8 Å². The fraction of sp³-hybridized carbons (Fsp3) is 0.462. The molecule has 0 spiro atoms. The summed E-state index contributed by atoms with van der Waals surface area (Å²) < 4.78 is 0. The van der Waals surface area contributed by atoms with Gasteiger partial charge in [0.2, 0.25) is 0 Å². The number of hydrogen-bond acceptors (Lipinski definition) is 3. The van der Waals surface area contributed by atoms with E-state index in [0.29, 0.717) is 0 Å². The molecule has 0 bridgehead atoms. The summed E-state index contributed by atoms with van der Waals surface area (Å²) in [5.41, 5.74) is 4.99. The first-order valence-corrected chi connectivity index (χ1v) is 6.56. The number of rotatable bonds is 5. The molecule has 2 nitrogen and oxygen atoms in total. The molecule has 1 aromatic carbocycles. The van der Waals surface area contributed by atoms with E-state index in [1.165, 1.54) is 16.2 Å². The van der Waals surface area contributed by atoms with E-state index in [2.05, 4.69) is 48.6 Å². The summed E-state index contributed by atoms with van der Waals surface area (Å²) in [6, 6.07) is 8.58. The first-order chi connectivity index (χ1) is 7.63. The standard InChI is InChI=1S/C13H20N2S/c1-10(2)9-16-13-7-5-12(6-8-13)11(3)15-14-4/h5-8,10,14H,9H2,1-4H3/b15-11+. The average Bonchev–Trinajstić information content (AvgIpc) is 2.27. The van der Waals surface area contributed by atoms with Gasteiger partial charge in [-0.05, 0) is 30.5 Å². The largest absolute Gasteiger partial charge is 0.313 e. The van der Waals surface area contributed by atoms with Gasteiger partial charge in [-0.15, -0.1) is 11.8 Å². The molecule has 0 aliphatic carbocycles. The topological polar surface area (TPSA) is 24.4 Å². The van der Waals surface area contributed by atoms with Crippen molar-refractivity contribution in [2.45, 2.75) is 25.7 Å². The zero-order valence-electron chi connectivity index (χ0n) is 10.4. The molecule has 0 amide bonds. The van der Waals surface area contributed by atoms with Crippen LogP contribution in [0.5, 0.6) is 0 Å². The number of nitrogens with zero attached hydrogens (tertiary/aromatic N) is 1. The fourth-order valence-electron chi connectivity index (χ4n) is 1.29. The Kier molecular flexibility index (Phi) is 5.39. The van der Waals surface area contributed by atoms with E-state index in [9.17, 15) is 0 Å². The summed E-state index contributed by atoms with van der Waals surface area (Å²) >= 11 is 1.91. The van der Waals surface area contributed by atoms with Crippen LogP contribution in [0.15, 0.2) is 34.3 Å². The third-order valence-corrected chi connectivity index (χ3v) is 3.57. The van der Waals surface area contributed by atoms with Gasteiger partial charge in [0.05, 0.1) is 5.71 Å². The van der Waals surface area contributed by atoms with Crippen LogP contribution in [0.25, 0.3) is 0 Å². The molecule has 3 heteroatoms. The van der Waals surface area contributed by atoms with Gasteiger partial charge >= 0.3 is 0 Å². The van der Waals surface area contributed by atoms with Gasteiger partial charge in [-0.1, -0.05) is 26.0 Å². The van der Waals surface area contributed by atoms with E-state index < -0.39 is 0 Å². The Bertz CT molecular complexity index is 341. The molecule has 0 aromatic heterocycles. The Balaban J connectivity index is 2.64. The zero-order valence-corrected chi connectivity index (χ0v) is 11.3. The zero-order chi connectivity index (χ0) is 12.0. The van der Waals surface area contributed by atoms with Gasteiger partial charge in [0, 0.05) is 17.7 Å². The van der Waals surface area contributed by atoms with Gasteiger partial charge in [0.15, 0.2) is 0 Å². The third kappa shape index (κ3) is 4.27. The second-order valence-electron chi connectivity index (χ2n) is 4.15. The van der Waals surface area contributed by atoms with Crippen molar-refractivity contribution >= 4 is 17.5 Å². The maximum atomic E-state index is 4.16. The Labute approximate surface area is 103 Å². The maximum Gasteiger partial charge on any atom is 0.0644 e. The summed E-state index contributed by atoms with van der Waals surface area (Å²) in [5.74, 6) is 1.90. The van der Waals surface area contributed by atoms with Crippen molar-refractivity contribution in [2.75, 3.05) is 12.8 Å². The number of benzene rings is 1. The van der Waals surface area contributed by atoms with Gasteiger partial charge in [-0.2, -0.15) is 5.10 Å². The molecule has 0 unspecified atom stereocenters. The molecule has 88 valence electrons. The molecule has 0 atom stereocenters. The lowest BCUT2D eigenvalue weighted by atomic mass is 10.1. The van der Waals surface area contributed by atoms with Crippen LogP contribution in [0, 0.1) is 5.92 Å². The van der Waals surface area contributed by atoms with E-state index in [1.54, 1.807) is 0 Å². The van der Waals surface area contributed by atoms with Gasteiger partial charge in [0.25, 0.3) is 0 Å². The average molecular weight is 236 g/mol. The van der Waals surface area contributed by atoms with Crippen LogP contribution in [-0.2, 0) is 0 Å². The SMILES string of the molecule is CN/N=C(\C)c1ccc(SCC(C)C)cc1. The highest BCUT2D eigenvalue weighted by Crippen LogP contribution is 2.21. The molecule has 0 fully saturated rings. The summed E-state index contributed by atoms with van der Waals surface area (Å²) in [5, 5.41) is 4.16. The molecule has 0 saturated heterocycles.